The van der Waals surface area contributed by atoms with Crippen LogP contribution in [0.5, 0.6) is 0 Å². The summed E-state index contributed by atoms with van der Waals surface area (Å²) in [6.07, 6.45) is 6.14. The molecule has 226 valence electrons. The van der Waals surface area contributed by atoms with Gasteiger partial charge in [0.1, 0.15) is 5.82 Å². The van der Waals surface area contributed by atoms with E-state index in [-0.39, 0.29) is 42.1 Å². The van der Waals surface area contributed by atoms with Crippen molar-refractivity contribution in [3.8, 4) is 6.07 Å². The first-order valence-corrected chi connectivity index (χ1v) is 16.0. The lowest BCUT2D eigenvalue weighted by atomic mass is 9.72. The molecule has 1 aliphatic carbocycles. The highest BCUT2D eigenvalue weighted by molar-refractivity contribution is 8.01. The number of likely N-dealkylation sites (tertiary alicyclic amines) is 1. The lowest BCUT2D eigenvalue weighted by molar-refractivity contribution is -0.145. The van der Waals surface area contributed by atoms with Gasteiger partial charge in [0, 0.05) is 36.5 Å². The van der Waals surface area contributed by atoms with Crippen LogP contribution in [0.3, 0.4) is 0 Å². The van der Waals surface area contributed by atoms with Crippen molar-refractivity contribution in [3.63, 3.8) is 0 Å². The van der Waals surface area contributed by atoms with Gasteiger partial charge in [0.2, 0.25) is 5.91 Å². The van der Waals surface area contributed by atoms with Crippen LogP contribution in [0.15, 0.2) is 35.7 Å². The Labute approximate surface area is 251 Å². The second-order valence-electron chi connectivity index (χ2n) is 12.4. The van der Waals surface area contributed by atoms with Gasteiger partial charge in [0.15, 0.2) is 12.1 Å². The summed E-state index contributed by atoms with van der Waals surface area (Å²) >= 11 is 1.61. The number of ether oxygens (including phenoxy) is 1. The molecule has 11 heteroatoms. The molecule has 0 bridgehead atoms. The summed E-state index contributed by atoms with van der Waals surface area (Å²) in [5, 5.41) is 16.8. The number of carbonyl (C=O) groups excluding carboxylic acids is 2. The number of ketones is 1. The normalized spacial score (nSPS) is 35.5. The number of thioether (sulfide) groups is 1. The van der Waals surface area contributed by atoms with E-state index in [2.05, 4.69) is 40.1 Å². The molecule has 42 heavy (non-hydrogen) atoms. The number of hydrogen-bond acceptors (Lipinski definition) is 9. The van der Waals surface area contributed by atoms with Crippen LogP contribution in [0.2, 0.25) is 0 Å². The molecule has 7 atom stereocenters. The number of hydrogen-bond donors (Lipinski definition) is 2. The van der Waals surface area contributed by atoms with Gasteiger partial charge < -0.3 is 14.5 Å². The summed E-state index contributed by atoms with van der Waals surface area (Å²) in [5.41, 5.74) is 0.981. The van der Waals surface area contributed by atoms with Gasteiger partial charge in [-0.15, -0.1) is 11.8 Å². The van der Waals surface area contributed by atoms with Gasteiger partial charge in [-0.1, -0.05) is 6.58 Å². The van der Waals surface area contributed by atoms with E-state index in [1.807, 2.05) is 6.07 Å². The molecular formula is C31H41FN6O3S. The van der Waals surface area contributed by atoms with Gasteiger partial charge in [-0.05, 0) is 82.0 Å². The molecule has 1 spiro atoms. The third-order valence-electron chi connectivity index (χ3n) is 10.0. The quantitative estimate of drug-likeness (QED) is 0.480. The standard InChI is InChI=1S/C31H41FN6O3S/c1-3-26(39)38-16-15-37(18-22(38)10-13-33)29-24-9-12-31(11-8-20-17-21(32)6-7-25(20)42-31)28(40)27(24)34-30(35-29)41-19-23-5-4-14-36(23)2/h3,6-7,17,22-24,27,29-30,34-35H,1,4-5,8-12,14-16,18-19H2,2H3/t22?,23?,24?,27?,29?,30?,31-/m1/s1. The van der Waals surface area contributed by atoms with Crippen molar-refractivity contribution in [2.75, 3.05) is 39.8 Å². The van der Waals surface area contributed by atoms with Crippen LogP contribution in [0.4, 0.5) is 4.39 Å². The van der Waals surface area contributed by atoms with E-state index in [9.17, 15) is 19.2 Å². The van der Waals surface area contributed by atoms with E-state index in [1.54, 1.807) is 22.7 Å². The van der Waals surface area contributed by atoms with E-state index in [0.29, 0.717) is 45.1 Å². The Kier molecular flexibility index (Phi) is 8.74. The number of carbonyl (C=O) groups is 2. The van der Waals surface area contributed by atoms with Crippen LogP contribution in [0.1, 0.15) is 44.1 Å². The molecule has 6 rings (SSSR count). The van der Waals surface area contributed by atoms with Crippen molar-refractivity contribution in [2.24, 2.45) is 5.92 Å². The lowest BCUT2D eigenvalue weighted by Gasteiger charge is -2.55. The van der Waals surface area contributed by atoms with Crippen molar-refractivity contribution in [3.05, 3.63) is 42.2 Å². The molecule has 0 aromatic heterocycles. The van der Waals surface area contributed by atoms with Gasteiger partial charge in [-0.2, -0.15) is 5.26 Å². The summed E-state index contributed by atoms with van der Waals surface area (Å²) in [6.45, 7) is 6.94. The average molecular weight is 597 g/mol. The molecule has 5 aliphatic rings. The molecule has 1 aromatic carbocycles. The number of aryl methyl sites for hydroxylation is 1. The maximum atomic E-state index is 14.5. The zero-order valence-corrected chi connectivity index (χ0v) is 25.1. The first-order chi connectivity index (χ1) is 20.3. The molecule has 3 saturated heterocycles. The number of benzene rings is 1. The minimum Gasteiger partial charge on any atom is -0.348 e. The second-order valence-corrected chi connectivity index (χ2v) is 13.8. The molecule has 4 fully saturated rings. The molecule has 2 N–H and O–H groups in total. The van der Waals surface area contributed by atoms with Gasteiger partial charge in [0.25, 0.3) is 0 Å². The van der Waals surface area contributed by atoms with Crippen LogP contribution >= 0.6 is 11.8 Å². The molecule has 1 saturated carbocycles. The first-order valence-electron chi connectivity index (χ1n) is 15.2. The minimum absolute atomic E-state index is 0.0109. The number of nitriles is 1. The number of nitrogens with zero attached hydrogens (tertiary/aromatic N) is 4. The number of piperazine rings is 1. The topological polar surface area (TPSA) is 101 Å². The smallest absolute Gasteiger partial charge is 0.246 e. The molecule has 0 radical (unpaired) electrons. The second kappa shape index (κ2) is 12.3. The molecule has 4 aliphatic heterocycles. The summed E-state index contributed by atoms with van der Waals surface area (Å²) in [5.74, 6) is -0.180. The van der Waals surface area contributed by atoms with E-state index >= 15 is 0 Å². The molecule has 9 nitrogen and oxygen atoms in total. The maximum Gasteiger partial charge on any atom is 0.246 e. The van der Waals surface area contributed by atoms with Crippen molar-refractivity contribution in [1.82, 2.24) is 25.3 Å². The summed E-state index contributed by atoms with van der Waals surface area (Å²) in [4.78, 5) is 34.4. The van der Waals surface area contributed by atoms with Crippen LogP contribution in [0.25, 0.3) is 0 Å². The highest BCUT2D eigenvalue weighted by Crippen LogP contribution is 2.51. The number of rotatable bonds is 6. The van der Waals surface area contributed by atoms with Gasteiger partial charge in [0.05, 0.1) is 42.1 Å². The Balaban J connectivity index is 1.24. The lowest BCUT2D eigenvalue weighted by Crippen LogP contribution is -2.75. The molecule has 6 unspecified atom stereocenters. The van der Waals surface area contributed by atoms with Gasteiger partial charge >= 0.3 is 0 Å². The monoisotopic (exact) mass is 596 g/mol. The summed E-state index contributed by atoms with van der Waals surface area (Å²) in [7, 11) is 2.12. The number of halogens is 1. The number of likely N-dealkylation sites (N-methyl/N-ethyl adjacent to an activating group) is 1. The highest BCUT2D eigenvalue weighted by atomic mass is 32.2. The van der Waals surface area contributed by atoms with E-state index in [0.717, 1.165) is 42.7 Å². The molecule has 1 aromatic rings. The number of nitrogens with one attached hydrogen (secondary N) is 2. The maximum absolute atomic E-state index is 14.5. The summed E-state index contributed by atoms with van der Waals surface area (Å²) < 4.78 is 19.8. The third-order valence-corrected chi connectivity index (χ3v) is 11.7. The first kappa shape index (κ1) is 29.7. The number of Topliss-reactive ketones (excluding diaryl/α,β-unsaturated/α-hetero) is 1. The highest BCUT2D eigenvalue weighted by Gasteiger charge is 2.55. The Morgan fingerprint density at radius 1 is 1.26 bits per heavy atom. The SMILES string of the molecule is C=CC(=O)N1CCN(C2NC(OCC3CCCN3C)NC3C(=O)[C@@]4(CCc5cc(F)ccc5S4)CCC32)CC1CC#N. The predicted octanol–water partition coefficient (Wildman–Crippen LogP) is 2.48. The summed E-state index contributed by atoms with van der Waals surface area (Å²) in [6, 6.07) is 6.86. The fourth-order valence-electron chi connectivity index (χ4n) is 7.68. The Bertz CT molecular complexity index is 1260. The average Bonchev–Trinajstić information content (AvgIpc) is 3.42. The van der Waals surface area contributed by atoms with Crippen LogP contribution in [0, 0.1) is 23.1 Å². The Morgan fingerprint density at radius 2 is 2.12 bits per heavy atom. The van der Waals surface area contributed by atoms with Crippen molar-refractivity contribution < 1.29 is 18.7 Å². The zero-order chi connectivity index (χ0) is 29.4. The molecule has 4 heterocycles. The molecule has 1 amide bonds. The van der Waals surface area contributed by atoms with Crippen LogP contribution in [-0.4, -0.2) is 102 Å². The Morgan fingerprint density at radius 3 is 2.88 bits per heavy atom. The van der Waals surface area contributed by atoms with Gasteiger partial charge in [-0.25, -0.2) is 4.39 Å². The fraction of sp³-hybridized carbons (Fsp3) is 0.645. The third kappa shape index (κ3) is 5.65. The van der Waals surface area contributed by atoms with Crippen molar-refractivity contribution >= 4 is 23.5 Å². The largest absolute Gasteiger partial charge is 0.348 e. The van der Waals surface area contributed by atoms with Crippen LogP contribution in [-0.2, 0) is 20.7 Å². The van der Waals surface area contributed by atoms with Crippen molar-refractivity contribution in [2.45, 2.75) is 85.2 Å². The fourth-order valence-corrected chi connectivity index (χ4v) is 9.18. The minimum atomic E-state index is -0.546. The Hall–Kier alpha value is -2.33. The van der Waals surface area contributed by atoms with Crippen LogP contribution < -0.4 is 10.6 Å². The van der Waals surface area contributed by atoms with E-state index in [1.165, 1.54) is 12.1 Å². The van der Waals surface area contributed by atoms with E-state index < -0.39 is 17.1 Å². The van der Waals surface area contributed by atoms with E-state index in [4.69, 9.17) is 4.74 Å². The number of amides is 1. The zero-order valence-electron chi connectivity index (χ0n) is 24.3. The predicted molar refractivity (Wildman–Crippen MR) is 158 cm³/mol. The van der Waals surface area contributed by atoms with Gasteiger partial charge in [-0.3, -0.25) is 25.1 Å². The van der Waals surface area contributed by atoms with Crippen molar-refractivity contribution in [1.29, 1.82) is 5.26 Å². The number of fused-ring (bicyclic) bond motifs is 2. The molecular weight excluding hydrogens is 555 g/mol.